The molecule has 1 aliphatic rings. The van der Waals surface area contributed by atoms with Crippen molar-refractivity contribution in [3.8, 4) is 0 Å². The number of hydrogen-bond acceptors (Lipinski definition) is 3. The number of rotatable bonds is 5. The molecule has 0 saturated carbocycles. The van der Waals surface area contributed by atoms with Gasteiger partial charge in [0.25, 0.3) is 11.8 Å². The lowest BCUT2D eigenvalue weighted by Crippen LogP contribution is -2.32. The lowest BCUT2D eigenvalue weighted by atomic mass is 10.1. The SMILES string of the molecule is CCN(CC)C(=O)c1ccc2c(c1)N(Cc1ccc(F)cc1)C(=O)c1ccccc1[S@]2=O. The first-order valence-electron chi connectivity index (χ1n) is 10.4. The van der Waals surface area contributed by atoms with Crippen LogP contribution in [0.15, 0.2) is 76.5 Å². The Kier molecular flexibility index (Phi) is 6.19. The number of nitrogens with zero attached hydrogens (tertiary/aromatic N) is 2. The Morgan fingerprint density at radius 2 is 1.66 bits per heavy atom. The third-order valence-corrected chi connectivity index (χ3v) is 7.06. The third-order valence-electron chi connectivity index (χ3n) is 5.56. The smallest absolute Gasteiger partial charge is 0.259 e. The summed E-state index contributed by atoms with van der Waals surface area (Å²) < 4.78 is 26.8. The molecule has 0 N–H and O–H groups in total. The van der Waals surface area contributed by atoms with Crippen molar-refractivity contribution in [3.05, 3.63) is 89.2 Å². The monoisotopic (exact) mass is 450 g/mol. The largest absolute Gasteiger partial charge is 0.339 e. The summed E-state index contributed by atoms with van der Waals surface area (Å²) in [5.74, 6) is -0.834. The topological polar surface area (TPSA) is 57.7 Å². The molecule has 0 unspecified atom stereocenters. The van der Waals surface area contributed by atoms with Gasteiger partial charge in [-0.15, -0.1) is 0 Å². The van der Waals surface area contributed by atoms with Crippen molar-refractivity contribution in [1.29, 1.82) is 0 Å². The van der Waals surface area contributed by atoms with Gasteiger partial charge >= 0.3 is 0 Å². The zero-order valence-electron chi connectivity index (χ0n) is 17.9. The molecule has 0 fully saturated rings. The van der Waals surface area contributed by atoms with Gasteiger partial charge in [0.15, 0.2) is 0 Å². The quantitative estimate of drug-likeness (QED) is 0.569. The van der Waals surface area contributed by atoms with E-state index in [0.29, 0.717) is 39.7 Å². The summed E-state index contributed by atoms with van der Waals surface area (Å²) >= 11 is 0. The Morgan fingerprint density at radius 3 is 2.34 bits per heavy atom. The number of hydrogen-bond donors (Lipinski definition) is 0. The molecule has 1 heterocycles. The number of anilines is 1. The molecule has 1 atom stereocenters. The highest BCUT2D eigenvalue weighted by Gasteiger charge is 2.31. The summed E-state index contributed by atoms with van der Waals surface area (Å²) in [6, 6.07) is 17.7. The van der Waals surface area contributed by atoms with Gasteiger partial charge in [0.05, 0.1) is 38.4 Å². The van der Waals surface area contributed by atoms with Crippen molar-refractivity contribution in [3.63, 3.8) is 0 Å². The van der Waals surface area contributed by atoms with Gasteiger partial charge in [0.2, 0.25) is 0 Å². The van der Waals surface area contributed by atoms with E-state index in [-0.39, 0.29) is 24.2 Å². The molecule has 3 aromatic carbocycles. The standard InChI is InChI=1S/C25H23FN2O3S/c1-3-27(4-2)24(29)18-11-14-23-21(15-18)28(16-17-9-12-19(26)13-10-17)25(30)20-7-5-6-8-22(20)32(23)31/h5-15H,3-4,16H2,1-2H3/t32-/m1/s1. The second-order valence-corrected chi connectivity index (χ2v) is 8.86. The molecule has 0 bridgehead atoms. The highest BCUT2D eigenvalue weighted by Crippen LogP contribution is 2.36. The molecule has 0 aromatic heterocycles. The van der Waals surface area contributed by atoms with Gasteiger partial charge in [0, 0.05) is 18.7 Å². The van der Waals surface area contributed by atoms with Crippen molar-refractivity contribution < 1.29 is 18.2 Å². The second kappa shape index (κ2) is 9.04. The first-order chi connectivity index (χ1) is 15.4. The summed E-state index contributed by atoms with van der Waals surface area (Å²) in [6.45, 7) is 5.08. The lowest BCUT2D eigenvalue weighted by Gasteiger charge is -2.25. The Bertz CT molecular complexity index is 1210. The van der Waals surface area contributed by atoms with Crippen LogP contribution in [0.25, 0.3) is 0 Å². The van der Waals surface area contributed by atoms with E-state index in [0.717, 1.165) is 5.56 Å². The number of benzene rings is 3. The maximum absolute atomic E-state index is 13.6. The molecule has 0 saturated heterocycles. The average molecular weight is 451 g/mol. The van der Waals surface area contributed by atoms with Crippen LogP contribution in [0.4, 0.5) is 10.1 Å². The van der Waals surface area contributed by atoms with Crippen LogP contribution in [0.2, 0.25) is 0 Å². The fraction of sp³-hybridized carbons (Fsp3) is 0.200. The minimum Gasteiger partial charge on any atom is -0.339 e. The average Bonchev–Trinajstić information content (AvgIpc) is 2.90. The van der Waals surface area contributed by atoms with E-state index in [4.69, 9.17) is 0 Å². The number of amides is 2. The Labute approximate surface area is 188 Å². The van der Waals surface area contributed by atoms with Gasteiger partial charge in [-0.2, -0.15) is 0 Å². The molecule has 3 aromatic rings. The number of carbonyl (C=O) groups excluding carboxylic acids is 2. The van der Waals surface area contributed by atoms with E-state index < -0.39 is 10.8 Å². The molecule has 2 amide bonds. The first-order valence-corrected chi connectivity index (χ1v) is 11.6. The van der Waals surface area contributed by atoms with Gasteiger partial charge in [0.1, 0.15) is 5.82 Å². The van der Waals surface area contributed by atoms with Crippen LogP contribution in [0.3, 0.4) is 0 Å². The molecule has 32 heavy (non-hydrogen) atoms. The van der Waals surface area contributed by atoms with Gasteiger partial charge in [-0.25, -0.2) is 8.60 Å². The Morgan fingerprint density at radius 1 is 0.969 bits per heavy atom. The van der Waals surface area contributed by atoms with Crippen LogP contribution < -0.4 is 4.90 Å². The van der Waals surface area contributed by atoms with E-state index in [2.05, 4.69) is 0 Å². The Hall–Kier alpha value is -3.32. The predicted molar refractivity (Wildman–Crippen MR) is 122 cm³/mol. The maximum atomic E-state index is 13.6. The molecule has 5 nitrogen and oxygen atoms in total. The Balaban J connectivity index is 1.87. The minimum atomic E-state index is -1.59. The van der Waals surface area contributed by atoms with E-state index >= 15 is 0 Å². The van der Waals surface area contributed by atoms with Gasteiger partial charge in [-0.05, 0) is 61.9 Å². The van der Waals surface area contributed by atoms with Crippen molar-refractivity contribution in [2.24, 2.45) is 0 Å². The fourth-order valence-corrected chi connectivity index (χ4v) is 5.16. The lowest BCUT2D eigenvalue weighted by molar-refractivity contribution is 0.0772. The number of carbonyl (C=O) groups is 2. The summed E-state index contributed by atoms with van der Waals surface area (Å²) in [5.41, 5.74) is 1.91. The zero-order chi connectivity index (χ0) is 22.8. The van der Waals surface area contributed by atoms with Crippen molar-refractivity contribution in [2.75, 3.05) is 18.0 Å². The summed E-state index contributed by atoms with van der Waals surface area (Å²) in [7, 11) is -1.59. The van der Waals surface area contributed by atoms with Crippen LogP contribution in [0.1, 0.15) is 40.1 Å². The fourth-order valence-electron chi connectivity index (χ4n) is 3.82. The molecule has 164 valence electrons. The van der Waals surface area contributed by atoms with Crippen molar-refractivity contribution >= 4 is 28.3 Å². The van der Waals surface area contributed by atoms with Crippen LogP contribution >= 0.6 is 0 Å². The van der Waals surface area contributed by atoms with E-state index in [1.54, 1.807) is 59.5 Å². The third kappa shape index (κ3) is 3.96. The summed E-state index contributed by atoms with van der Waals surface area (Å²) in [4.78, 5) is 30.6. The van der Waals surface area contributed by atoms with Gasteiger partial charge in [-0.3, -0.25) is 9.59 Å². The molecule has 0 aliphatic carbocycles. The summed E-state index contributed by atoms with van der Waals surface area (Å²) in [6.07, 6.45) is 0. The molecular weight excluding hydrogens is 427 g/mol. The van der Waals surface area contributed by atoms with Crippen LogP contribution in [0.5, 0.6) is 0 Å². The molecule has 7 heteroatoms. The number of fused-ring (bicyclic) bond motifs is 2. The second-order valence-electron chi connectivity index (χ2n) is 7.44. The first kappa shape index (κ1) is 21.9. The molecular formula is C25H23FN2O3S. The predicted octanol–water partition coefficient (Wildman–Crippen LogP) is 4.63. The maximum Gasteiger partial charge on any atom is 0.259 e. The van der Waals surface area contributed by atoms with Gasteiger partial charge < -0.3 is 9.80 Å². The van der Waals surface area contributed by atoms with Crippen LogP contribution in [0, 0.1) is 5.82 Å². The molecule has 4 rings (SSSR count). The van der Waals surface area contributed by atoms with Crippen LogP contribution in [-0.4, -0.2) is 34.0 Å². The van der Waals surface area contributed by atoms with Crippen molar-refractivity contribution in [2.45, 2.75) is 30.2 Å². The van der Waals surface area contributed by atoms with E-state index in [9.17, 15) is 18.2 Å². The molecule has 0 radical (unpaired) electrons. The van der Waals surface area contributed by atoms with Crippen molar-refractivity contribution in [1.82, 2.24) is 4.90 Å². The summed E-state index contributed by atoms with van der Waals surface area (Å²) in [5, 5.41) is 0. The minimum absolute atomic E-state index is 0.153. The number of halogens is 1. The zero-order valence-corrected chi connectivity index (χ0v) is 18.7. The highest BCUT2D eigenvalue weighted by molar-refractivity contribution is 7.85. The van der Waals surface area contributed by atoms with Crippen LogP contribution in [-0.2, 0) is 17.3 Å². The van der Waals surface area contributed by atoms with Gasteiger partial charge in [-0.1, -0.05) is 24.3 Å². The highest BCUT2D eigenvalue weighted by atomic mass is 32.2. The normalized spacial score (nSPS) is 15.0. The van der Waals surface area contributed by atoms with E-state index in [1.807, 2.05) is 13.8 Å². The molecule has 0 spiro atoms. The van der Waals surface area contributed by atoms with E-state index in [1.165, 1.54) is 17.0 Å². The molecule has 1 aliphatic heterocycles.